The number of alkyl halides is 3. The molecule has 0 fully saturated rings. The highest BCUT2D eigenvalue weighted by Gasteiger charge is 2.53. The minimum Gasteiger partial charge on any atom is -0.338 e. The van der Waals surface area contributed by atoms with Crippen LogP contribution in [0.1, 0.15) is 26.3 Å². The maximum atomic E-state index is 13.4. The van der Waals surface area contributed by atoms with Gasteiger partial charge in [0.05, 0.1) is 11.3 Å². The molecule has 2 aromatic rings. The van der Waals surface area contributed by atoms with Crippen LogP contribution < -0.4 is 4.90 Å². The molecule has 0 saturated carbocycles. The minimum absolute atomic E-state index is 0.236. The Bertz CT molecular complexity index is 769. The molecule has 128 valence electrons. The van der Waals surface area contributed by atoms with Gasteiger partial charge in [-0.05, 0) is 53.9 Å². The number of benzene rings is 1. The van der Waals surface area contributed by atoms with Crippen LogP contribution in [-0.4, -0.2) is 18.3 Å². The first-order chi connectivity index (χ1) is 11.1. The molecular formula is C17H16F3NO2S. The Morgan fingerprint density at radius 2 is 1.96 bits per heavy atom. The van der Waals surface area contributed by atoms with E-state index in [0.29, 0.717) is 10.5 Å². The number of nitrogens with zero attached hydrogens (tertiary/aromatic N) is 1. The molecule has 3 rings (SSSR count). The van der Waals surface area contributed by atoms with Crippen molar-refractivity contribution >= 4 is 22.9 Å². The summed E-state index contributed by atoms with van der Waals surface area (Å²) in [7, 11) is 0. The lowest BCUT2D eigenvalue weighted by molar-refractivity contribution is -0.253. The van der Waals surface area contributed by atoms with Crippen LogP contribution in [0.25, 0.3) is 11.1 Å². The number of halogens is 3. The van der Waals surface area contributed by atoms with E-state index < -0.39 is 23.9 Å². The smallest absolute Gasteiger partial charge is 0.338 e. The average molecular weight is 355 g/mol. The summed E-state index contributed by atoms with van der Waals surface area (Å²) in [6, 6.07) is 7.02. The molecule has 0 aliphatic carbocycles. The van der Waals surface area contributed by atoms with Gasteiger partial charge in [0.25, 0.3) is 0 Å². The van der Waals surface area contributed by atoms with Gasteiger partial charge in [0.2, 0.25) is 12.1 Å². The number of thiophene rings is 1. The van der Waals surface area contributed by atoms with E-state index in [4.69, 9.17) is 4.74 Å². The third kappa shape index (κ3) is 2.82. The van der Waals surface area contributed by atoms with Crippen molar-refractivity contribution in [2.45, 2.75) is 38.8 Å². The molecule has 3 nitrogen and oxygen atoms in total. The Balaban J connectivity index is 2.17. The number of amides is 1. The molecule has 1 amide bonds. The third-order valence-electron chi connectivity index (χ3n) is 4.02. The zero-order valence-corrected chi connectivity index (χ0v) is 14.2. The Kier molecular flexibility index (Phi) is 3.96. The molecule has 0 N–H and O–H groups in total. The summed E-state index contributed by atoms with van der Waals surface area (Å²) in [5.74, 6) is -0.711. The normalized spacial score (nSPS) is 19.9. The number of hydrogen-bond donors (Lipinski definition) is 0. The van der Waals surface area contributed by atoms with Crippen molar-refractivity contribution in [1.82, 2.24) is 0 Å². The van der Waals surface area contributed by atoms with Crippen molar-refractivity contribution in [3.05, 3.63) is 40.6 Å². The van der Waals surface area contributed by atoms with Crippen LogP contribution in [0.4, 0.5) is 18.9 Å². The van der Waals surface area contributed by atoms with E-state index in [-0.39, 0.29) is 5.69 Å². The Labute approximate surface area is 141 Å². The lowest BCUT2D eigenvalue weighted by Gasteiger charge is -2.45. The molecule has 0 bridgehead atoms. The summed E-state index contributed by atoms with van der Waals surface area (Å²) in [6.45, 7) is 4.27. The molecule has 1 aromatic carbocycles. The highest BCUT2D eigenvalue weighted by molar-refractivity contribution is 7.08. The molecule has 0 spiro atoms. The van der Waals surface area contributed by atoms with Crippen LogP contribution in [0.15, 0.2) is 35.0 Å². The van der Waals surface area contributed by atoms with Gasteiger partial charge in [-0.15, -0.1) is 0 Å². The molecule has 1 aliphatic rings. The number of fused-ring (bicyclic) bond motifs is 1. The van der Waals surface area contributed by atoms with Crippen LogP contribution in [0.5, 0.6) is 0 Å². The van der Waals surface area contributed by atoms with Crippen LogP contribution in [-0.2, 0) is 15.1 Å². The number of carbonyl (C=O) groups excluding carboxylic acids is 1. The Hall–Kier alpha value is -1.86. The van der Waals surface area contributed by atoms with Gasteiger partial charge in [-0.25, -0.2) is 0 Å². The van der Waals surface area contributed by atoms with Crippen LogP contribution >= 0.6 is 11.3 Å². The SMILES string of the molecule is CC(=O)N1c2ccc(-c3ccsc3)cc2C(C)(C)OC1C(F)(F)F. The zero-order chi connectivity index (χ0) is 17.7. The molecule has 2 heterocycles. The molecule has 1 unspecified atom stereocenters. The molecule has 1 aromatic heterocycles. The van der Waals surface area contributed by atoms with E-state index in [2.05, 4.69) is 0 Å². The highest BCUT2D eigenvalue weighted by Crippen LogP contribution is 2.46. The van der Waals surface area contributed by atoms with Crippen molar-refractivity contribution in [3.63, 3.8) is 0 Å². The molecule has 7 heteroatoms. The Morgan fingerprint density at radius 3 is 2.50 bits per heavy atom. The Morgan fingerprint density at radius 1 is 1.25 bits per heavy atom. The first-order valence-electron chi connectivity index (χ1n) is 7.33. The van der Waals surface area contributed by atoms with Gasteiger partial charge in [0, 0.05) is 12.5 Å². The van der Waals surface area contributed by atoms with Gasteiger partial charge in [0.1, 0.15) is 0 Å². The van der Waals surface area contributed by atoms with Crippen molar-refractivity contribution < 1.29 is 22.7 Å². The first-order valence-corrected chi connectivity index (χ1v) is 8.27. The third-order valence-corrected chi connectivity index (χ3v) is 4.70. The quantitative estimate of drug-likeness (QED) is 0.726. The van der Waals surface area contributed by atoms with Crippen LogP contribution in [0.2, 0.25) is 0 Å². The average Bonchev–Trinajstić information content (AvgIpc) is 2.99. The molecule has 1 atom stereocenters. The highest BCUT2D eigenvalue weighted by atomic mass is 32.1. The van der Waals surface area contributed by atoms with Crippen LogP contribution in [0.3, 0.4) is 0 Å². The summed E-state index contributed by atoms with van der Waals surface area (Å²) in [5.41, 5.74) is 1.47. The predicted molar refractivity (Wildman–Crippen MR) is 86.9 cm³/mol. The van der Waals surface area contributed by atoms with E-state index in [1.165, 1.54) is 11.3 Å². The number of rotatable bonds is 1. The fourth-order valence-electron chi connectivity index (χ4n) is 2.91. The van der Waals surface area contributed by atoms with Gasteiger partial charge < -0.3 is 4.74 Å². The van der Waals surface area contributed by atoms with E-state index in [1.807, 2.05) is 16.8 Å². The monoisotopic (exact) mass is 355 g/mol. The maximum absolute atomic E-state index is 13.4. The van der Waals surface area contributed by atoms with Crippen molar-refractivity contribution in [1.29, 1.82) is 0 Å². The number of ether oxygens (including phenoxy) is 1. The van der Waals surface area contributed by atoms with Gasteiger partial charge in [-0.1, -0.05) is 6.07 Å². The second-order valence-corrected chi connectivity index (χ2v) is 6.94. The molecule has 24 heavy (non-hydrogen) atoms. The van der Waals surface area contributed by atoms with E-state index >= 15 is 0 Å². The van der Waals surface area contributed by atoms with Gasteiger partial charge in [0.15, 0.2) is 0 Å². The second-order valence-electron chi connectivity index (χ2n) is 6.16. The number of hydrogen-bond acceptors (Lipinski definition) is 3. The lowest BCUT2D eigenvalue weighted by atomic mass is 9.90. The second kappa shape index (κ2) is 5.60. The fourth-order valence-corrected chi connectivity index (χ4v) is 3.57. The van der Waals surface area contributed by atoms with Gasteiger partial charge in [-0.2, -0.15) is 24.5 Å². The molecule has 0 radical (unpaired) electrons. The van der Waals surface area contributed by atoms with E-state index in [1.54, 1.807) is 32.0 Å². The van der Waals surface area contributed by atoms with E-state index in [9.17, 15) is 18.0 Å². The molecular weight excluding hydrogens is 339 g/mol. The predicted octanol–water partition coefficient (Wildman–Crippen LogP) is 4.92. The number of anilines is 1. The number of carbonyl (C=O) groups is 1. The van der Waals surface area contributed by atoms with Crippen LogP contribution in [0, 0.1) is 0 Å². The standard InChI is InChI=1S/C17H16F3NO2S/c1-10(22)21-14-5-4-11(12-6-7-24-9-12)8-13(14)16(2,3)23-15(21)17(18,19)20/h4-9,15H,1-3H3. The summed E-state index contributed by atoms with van der Waals surface area (Å²) in [5, 5.41) is 3.89. The first kappa shape index (κ1) is 17.0. The van der Waals surface area contributed by atoms with Gasteiger partial charge >= 0.3 is 6.18 Å². The zero-order valence-electron chi connectivity index (χ0n) is 13.3. The topological polar surface area (TPSA) is 29.5 Å². The van der Waals surface area contributed by atoms with Crippen molar-refractivity contribution in [3.8, 4) is 11.1 Å². The minimum atomic E-state index is -4.67. The largest absolute Gasteiger partial charge is 0.434 e. The lowest BCUT2D eigenvalue weighted by Crippen LogP contribution is -2.56. The summed E-state index contributed by atoms with van der Waals surface area (Å²) >= 11 is 1.54. The molecule has 0 saturated heterocycles. The maximum Gasteiger partial charge on any atom is 0.434 e. The molecule has 1 aliphatic heterocycles. The van der Waals surface area contributed by atoms with Crippen molar-refractivity contribution in [2.75, 3.05) is 4.90 Å². The van der Waals surface area contributed by atoms with Crippen molar-refractivity contribution in [2.24, 2.45) is 0 Å². The fraction of sp³-hybridized carbons (Fsp3) is 0.353. The summed E-state index contributed by atoms with van der Waals surface area (Å²) < 4.78 is 45.4. The van der Waals surface area contributed by atoms with E-state index in [0.717, 1.165) is 18.1 Å². The summed E-state index contributed by atoms with van der Waals surface area (Å²) in [4.78, 5) is 12.6. The van der Waals surface area contributed by atoms with Gasteiger partial charge in [-0.3, -0.25) is 9.69 Å². The summed E-state index contributed by atoms with van der Waals surface area (Å²) in [6.07, 6.45) is -6.96.